The second-order valence-electron chi connectivity index (χ2n) is 7.64. The molecule has 3 rings (SSSR count). The van der Waals surface area contributed by atoms with E-state index in [-0.39, 0.29) is 24.6 Å². The summed E-state index contributed by atoms with van der Waals surface area (Å²) in [5.74, 6) is -2.57. The number of benzene rings is 1. The molecule has 0 aliphatic carbocycles. The minimum absolute atomic E-state index is 0.207. The van der Waals surface area contributed by atoms with Crippen LogP contribution in [0.25, 0.3) is 0 Å². The molecule has 2 amide bonds. The molecule has 2 fully saturated rings. The highest BCUT2D eigenvalue weighted by Crippen LogP contribution is 2.20. The van der Waals surface area contributed by atoms with Crippen molar-refractivity contribution >= 4 is 27.8 Å². The van der Waals surface area contributed by atoms with Gasteiger partial charge in [-0.25, -0.2) is 17.9 Å². The van der Waals surface area contributed by atoms with Crippen LogP contribution in [0.3, 0.4) is 0 Å². The standard InChI is InChI=1S/C20H27N3O7S/c24-18(22-9-11-30-12-10-22)13-16(19(25)23-8-4-7-17(23)20(26)27)21-31(28,29)14-15-5-2-1-3-6-15/h1-3,5-6,16-17,21H,4,7-14H2,(H,26,27). The lowest BCUT2D eigenvalue weighted by Crippen LogP contribution is -2.54. The van der Waals surface area contributed by atoms with E-state index >= 15 is 0 Å². The number of ether oxygens (including phenoxy) is 1. The summed E-state index contributed by atoms with van der Waals surface area (Å²) in [7, 11) is -3.96. The second kappa shape index (κ2) is 10.2. The number of nitrogens with zero attached hydrogens (tertiary/aromatic N) is 2. The van der Waals surface area contributed by atoms with Crippen LogP contribution >= 0.6 is 0 Å². The van der Waals surface area contributed by atoms with Crippen LogP contribution in [-0.4, -0.2) is 86.0 Å². The van der Waals surface area contributed by atoms with Gasteiger partial charge in [-0.05, 0) is 18.4 Å². The van der Waals surface area contributed by atoms with Crippen molar-refractivity contribution in [3.8, 4) is 0 Å². The first-order chi connectivity index (χ1) is 14.8. The van der Waals surface area contributed by atoms with E-state index < -0.39 is 34.0 Å². The third-order valence-corrected chi connectivity index (χ3v) is 6.74. The van der Waals surface area contributed by atoms with Gasteiger partial charge in [-0.3, -0.25) is 9.59 Å². The van der Waals surface area contributed by atoms with E-state index in [2.05, 4.69) is 4.72 Å². The van der Waals surface area contributed by atoms with Gasteiger partial charge in [0.15, 0.2) is 0 Å². The number of nitrogens with one attached hydrogen (secondary N) is 1. The number of hydrogen-bond acceptors (Lipinski definition) is 6. The maximum Gasteiger partial charge on any atom is 0.326 e. The molecule has 170 valence electrons. The summed E-state index contributed by atoms with van der Waals surface area (Å²) in [4.78, 5) is 40.1. The molecule has 0 spiro atoms. The normalized spacial score (nSPS) is 20.5. The zero-order valence-electron chi connectivity index (χ0n) is 17.1. The van der Waals surface area contributed by atoms with Crippen molar-refractivity contribution in [3.05, 3.63) is 35.9 Å². The summed E-state index contributed by atoms with van der Waals surface area (Å²) < 4.78 is 33.1. The zero-order chi connectivity index (χ0) is 22.4. The van der Waals surface area contributed by atoms with Gasteiger partial charge in [0.05, 0.1) is 25.4 Å². The molecule has 2 saturated heterocycles. The summed E-state index contributed by atoms with van der Waals surface area (Å²) in [6, 6.07) is 6.08. The van der Waals surface area contributed by atoms with Crippen LogP contribution in [0, 0.1) is 0 Å². The lowest BCUT2D eigenvalue weighted by atomic mass is 10.1. The van der Waals surface area contributed by atoms with Gasteiger partial charge in [-0.2, -0.15) is 0 Å². The first kappa shape index (κ1) is 23.2. The molecule has 2 atom stereocenters. The first-order valence-corrected chi connectivity index (χ1v) is 11.8. The van der Waals surface area contributed by atoms with E-state index in [0.717, 1.165) is 4.90 Å². The molecule has 1 aromatic rings. The molecular formula is C20H27N3O7S. The third kappa shape index (κ3) is 6.25. The molecule has 0 aromatic heterocycles. The number of carbonyl (C=O) groups is 3. The quantitative estimate of drug-likeness (QED) is 0.557. The Hall–Kier alpha value is -2.50. The van der Waals surface area contributed by atoms with E-state index in [0.29, 0.717) is 44.7 Å². The van der Waals surface area contributed by atoms with E-state index in [1.165, 1.54) is 4.90 Å². The first-order valence-electron chi connectivity index (χ1n) is 10.2. The largest absolute Gasteiger partial charge is 0.480 e. The molecule has 31 heavy (non-hydrogen) atoms. The minimum Gasteiger partial charge on any atom is -0.480 e. The molecule has 0 saturated carbocycles. The number of likely N-dealkylation sites (tertiary alicyclic amines) is 1. The Bertz CT molecular complexity index is 901. The Morgan fingerprint density at radius 3 is 2.45 bits per heavy atom. The Morgan fingerprint density at radius 2 is 1.81 bits per heavy atom. The molecule has 10 nitrogen and oxygen atoms in total. The number of carbonyl (C=O) groups excluding carboxylic acids is 2. The maximum atomic E-state index is 13.1. The maximum absolute atomic E-state index is 13.1. The predicted molar refractivity (Wildman–Crippen MR) is 110 cm³/mol. The monoisotopic (exact) mass is 453 g/mol. The highest BCUT2D eigenvalue weighted by atomic mass is 32.2. The van der Waals surface area contributed by atoms with Gasteiger partial charge in [-0.15, -0.1) is 0 Å². The number of sulfonamides is 1. The van der Waals surface area contributed by atoms with Gasteiger partial charge in [0, 0.05) is 19.6 Å². The highest BCUT2D eigenvalue weighted by molar-refractivity contribution is 7.88. The molecule has 0 radical (unpaired) electrons. The van der Waals surface area contributed by atoms with Crippen LogP contribution in [0.5, 0.6) is 0 Å². The fourth-order valence-corrected chi connectivity index (χ4v) is 5.17. The third-order valence-electron chi connectivity index (χ3n) is 5.38. The molecule has 2 N–H and O–H groups in total. The van der Waals surface area contributed by atoms with Crippen molar-refractivity contribution in [2.75, 3.05) is 32.8 Å². The Kier molecular flexibility index (Phi) is 7.63. The van der Waals surface area contributed by atoms with Crippen LogP contribution < -0.4 is 4.72 Å². The molecular weight excluding hydrogens is 426 g/mol. The van der Waals surface area contributed by atoms with Crippen LogP contribution in [0.2, 0.25) is 0 Å². The number of aliphatic carboxylic acids is 1. The van der Waals surface area contributed by atoms with E-state index in [1.54, 1.807) is 30.3 Å². The Labute approximate surface area is 181 Å². The SMILES string of the molecule is O=C(O)C1CCCN1C(=O)C(CC(=O)N1CCOCC1)NS(=O)(=O)Cc1ccccc1. The van der Waals surface area contributed by atoms with Crippen LogP contribution in [0.1, 0.15) is 24.8 Å². The molecule has 0 bridgehead atoms. The molecule has 1 aromatic carbocycles. The fourth-order valence-electron chi connectivity index (χ4n) is 3.84. The van der Waals surface area contributed by atoms with Gasteiger partial charge in [0.25, 0.3) is 0 Å². The fraction of sp³-hybridized carbons (Fsp3) is 0.550. The second-order valence-corrected chi connectivity index (χ2v) is 9.39. The minimum atomic E-state index is -3.96. The van der Waals surface area contributed by atoms with E-state index in [1.807, 2.05) is 0 Å². The van der Waals surface area contributed by atoms with Gasteiger partial charge in [0.1, 0.15) is 12.1 Å². The van der Waals surface area contributed by atoms with E-state index in [9.17, 15) is 27.9 Å². The summed E-state index contributed by atoms with van der Waals surface area (Å²) in [5, 5.41) is 9.41. The number of carboxylic acid groups (broad SMARTS) is 1. The predicted octanol–water partition coefficient (Wildman–Crippen LogP) is -0.201. The lowest BCUT2D eigenvalue weighted by Gasteiger charge is -2.30. The van der Waals surface area contributed by atoms with Gasteiger partial charge in [-0.1, -0.05) is 30.3 Å². The topological polar surface area (TPSA) is 133 Å². The van der Waals surface area contributed by atoms with Gasteiger partial charge < -0.3 is 19.6 Å². The molecule has 2 aliphatic rings. The number of carboxylic acids is 1. The number of rotatable bonds is 8. The van der Waals surface area contributed by atoms with Crippen molar-refractivity contribution in [1.82, 2.24) is 14.5 Å². The summed E-state index contributed by atoms with van der Waals surface area (Å²) in [6.45, 7) is 1.67. The highest BCUT2D eigenvalue weighted by Gasteiger charge is 2.39. The van der Waals surface area contributed by atoms with Crippen LogP contribution in [-0.2, 0) is 34.9 Å². The van der Waals surface area contributed by atoms with Crippen molar-refractivity contribution < 1.29 is 32.6 Å². The lowest BCUT2D eigenvalue weighted by molar-refractivity contribution is -0.149. The molecule has 11 heteroatoms. The Morgan fingerprint density at radius 1 is 1.13 bits per heavy atom. The van der Waals surface area contributed by atoms with Crippen LogP contribution in [0.15, 0.2) is 30.3 Å². The van der Waals surface area contributed by atoms with E-state index in [4.69, 9.17) is 4.74 Å². The summed E-state index contributed by atoms with van der Waals surface area (Å²) in [5.41, 5.74) is 0.533. The molecule has 2 heterocycles. The van der Waals surface area contributed by atoms with Crippen molar-refractivity contribution in [3.63, 3.8) is 0 Å². The van der Waals surface area contributed by atoms with Crippen LogP contribution in [0.4, 0.5) is 0 Å². The number of morpholine rings is 1. The number of hydrogen-bond donors (Lipinski definition) is 2. The average Bonchev–Trinajstić information content (AvgIpc) is 3.24. The van der Waals surface area contributed by atoms with Gasteiger partial charge in [0.2, 0.25) is 21.8 Å². The van der Waals surface area contributed by atoms with Crippen molar-refractivity contribution in [1.29, 1.82) is 0 Å². The average molecular weight is 454 g/mol. The Balaban J connectivity index is 1.78. The van der Waals surface area contributed by atoms with Gasteiger partial charge >= 0.3 is 5.97 Å². The zero-order valence-corrected chi connectivity index (χ0v) is 17.9. The van der Waals surface area contributed by atoms with Crippen molar-refractivity contribution in [2.45, 2.75) is 37.1 Å². The summed E-state index contributed by atoms with van der Waals surface area (Å²) in [6.07, 6.45) is 0.418. The van der Waals surface area contributed by atoms with Crippen molar-refractivity contribution in [2.24, 2.45) is 0 Å². The molecule has 2 aliphatic heterocycles. The summed E-state index contributed by atoms with van der Waals surface area (Å²) >= 11 is 0. The molecule has 2 unspecified atom stereocenters. The smallest absolute Gasteiger partial charge is 0.326 e. The number of amides is 2.